The van der Waals surface area contributed by atoms with Gasteiger partial charge >= 0.3 is 0 Å². The Hall–Kier alpha value is -7.01. The van der Waals surface area contributed by atoms with E-state index in [1.165, 1.54) is 99.3 Å². The monoisotopic (exact) mass is 1090 g/mol. The van der Waals surface area contributed by atoms with Crippen LogP contribution in [0.2, 0.25) is 0 Å². The van der Waals surface area contributed by atoms with Crippen LogP contribution in [0.15, 0.2) is 152 Å². The molecule has 0 aliphatic rings. The van der Waals surface area contributed by atoms with Crippen molar-refractivity contribution in [2.75, 3.05) is 0 Å². The fourth-order valence-electron chi connectivity index (χ4n) is 8.91. The van der Waals surface area contributed by atoms with Crippen LogP contribution in [0.3, 0.4) is 0 Å². The predicted molar refractivity (Wildman–Crippen MR) is 333 cm³/mol. The normalized spacial score (nSPS) is 10.8. The molecule has 0 aromatic heterocycles. The fraction of sp³-hybridized carbons (Fsp3) is 0.270. The van der Waals surface area contributed by atoms with Crippen LogP contribution in [0.4, 0.5) is 0 Å². The average Bonchev–Trinajstić information content (AvgIpc) is 3.43. The molecule has 0 spiro atoms. The molecule has 0 atom stereocenters. The molecule has 0 aliphatic carbocycles. The molecule has 0 fully saturated rings. The van der Waals surface area contributed by atoms with Crippen molar-refractivity contribution in [1.29, 1.82) is 0 Å². The first-order valence-electron chi connectivity index (χ1n) is 27.7. The quantitative estimate of drug-likeness (QED) is 0.0309. The van der Waals surface area contributed by atoms with Crippen molar-refractivity contribution < 1.29 is 0 Å². The van der Waals surface area contributed by atoms with Gasteiger partial charge in [-0.1, -0.05) is 199 Å². The highest BCUT2D eigenvalue weighted by atomic mass is 127. The van der Waals surface area contributed by atoms with Crippen LogP contribution in [-0.2, 0) is 25.7 Å². The van der Waals surface area contributed by atoms with E-state index in [4.69, 9.17) is 0 Å². The maximum Gasteiger partial charge on any atom is 0.0267 e. The molecule has 0 unspecified atom stereocenters. The molecule has 7 rings (SSSR count). The minimum atomic E-state index is 0.938. The standard InChI is InChI=1S/C74H73I/c1-5-9-13-17-58-21-29-62(30-22-58)37-41-66-49-67(42-38-63-31-23-59(24-32-63)18-14-10-6-2)52-70(51-66)45-47-72-55-73(57-74(75)56-72)48-46-71-53-68(43-39-64-33-25-60(26-34-64)19-15-11-7-3)50-69(54-71)44-40-65-35-27-61(28-36-65)20-16-12-8-4/h21-36,45-57H,5-20H2,1-4H3/b47-45+,48-46+. The lowest BCUT2D eigenvalue weighted by atomic mass is 10.0. The predicted octanol–water partition coefficient (Wildman–Crippen LogP) is 19.2. The topological polar surface area (TPSA) is 0 Å². The first-order valence-corrected chi connectivity index (χ1v) is 28.8. The Morgan fingerprint density at radius 1 is 0.267 bits per heavy atom. The van der Waals surface area contributed by atoms with Crippen molar-refractivity contribution in [3.8, 4) is 47.4 Å². The third-order valence-electron chi connectivity index (χ3n) is 13.3. The van der Waals surface area contributed by atoms with E-state index in [2.05, 4.69) is 274 Å². The highest BCUT2D eigenvalue weighted by Crippen LogP contribution is 2.21. The van der Waals surface area contributed by atoms with E-state index in [0.717, 1.165) is 96.0 Å². The molecule has 376 valence electrons. The van der Waals surface area contributed by atoms with Gasteiger partial charge in [0.2, 0.25) is 0 Å². The highest BCUT2D eigenvalue weighted by Gasteiger charge is 2.03. The summed E-state index contributed by atoms with van der Waals surface area (Å²) in [5, 5.41) is 0. The lowest BCUT2D eigenvalue weighted by Crippen LogP contribution is -1.87. The van der Waals surface area contributed by atoms with Crippen molar-refractivity contribution in [3.63, 3.8) is 0 Å². The summed E-state index contributed by atoms with van der Waals surface area (Å²) >= 11 is 2.43. The zero-order valence-electron chi connectivity index (χ0n) is 44.9. The molecule has 0 radical (unpaired) electrons. The number of halogens is 1. The molecule has 1 heteroatoms. The van der Waals surface area contributed by atoms with Gasteiger partial charge in [-0.05, 0) is 222 Å². The SMILES string of the molecule is CCCCCc1ccc(C#Cc2cc(C#Cc3ccc(CCCCC)cc3)cc(/C=C/c3cc(I)cc(/C=C/c4cc(C#Cc5ccc(CCCCC)cc5)cc(C#Cc5ccc(CCCCC)cc5)c4)c3)c2)cc1. The first kappa shape index (κ1) is 55.7. The van der Waals surface area contributed by atoms with Gasteiger partial charge in [-0.2, -0.15) is 0 Å². The minimum absolute atomic E-state index is 0.938. The second kappa shape index (κ2) is 31.0. The van der Waals surface area contributed by atoms with Gasteiger partial charge in [0.05, 0.1) is 0 Å². The Kier molecular flexibility index (Phi) is 23.0. The van der Waals surface area contributed by atoms with Gasteiger partial charge in [0.25, 0.3) is 0 Å². The number of aryl methyl sites for hydroxylation is 4. The summed E-state index contributed by atoms with van der Waals surface area (Å²) < 4.78 is 1.16. The molecule has 0 saturated heterocycles. The van der Waals surface area contributed by atoms with E-state index >= 15 is 0 Å². The smallest absolute Gasteiger partial charge is 0.0267 e. The maximum absolute atomic E-state index is 3.47. The van der Waals surface area contributed by atoms with Crippen LogP contribution >= 0.6 is 22.6 Å². The van der Waals surface area contributed by atoms with Crippen molar-refractivity contribution in [2.45, 2.75) is 130 Å². The van der Waals surface area contributed by atoms with E-state index in [9.17, 15) is 0 Å². The largest absolute Gasteiger partial charge is 0.0654 e. The van der Waals surface area contributed by atoms with Gasteiger partial charge in [0.15, 0.2) is 0 Å². The molecular weight excluding hydrogens is 1020 g/mol. The molecule has 75 heavy (non-hydrogen) atoms. The summed E-state index contributed by atoms with van der Waals surface area (Å²) in [7, 11) is 0. The zero-order chi connectivity index (χ0) is 52.3. The molecule has 7 aromatic carbocycles. The van der Waals surface area contributed by atoms with Gasteiger partial charge in [-0.25, -0.2) is 0 Å². The molecular formula is C74H73I. The number of rotatable bonds is 20. The number of benzene rings is 7. The lowest BCUT2D eigenvalue weighted by Gasteiger charge is -2.03. The molecule has 0 bridgehead atoms. The minimum Gasteiger partial charge on any atom is -0.0654 e. The summed E-state index contributed by atoms with van der Waals surface area (Å²) in [5.74, 6) is 27.6. The summed E-state index contributed by atoms with van der Waals surface area (Å²) in [5.41, 5.74) is 17.6. The summed E-state index contributed by atoms with van der Waals surface area (Å²) in [6.45, 7) is 9.00. The summed E-state index contributed by atoms with van der Waals surface area (Å²) in [6, 6.07) is 54.5. The van der Waals surface area contributed by atoms with Gasteiger partial charge in [-0.15, -0.1) is 0 Å². The molecule has 0 amide bonds. The number of unbranched alkanes of at least 4 members (excludes halogenated alkanes) is 8. The van der Waals surface area contributed by atoms with Crippen molar-refractivity contribution >= 4 is 46.9 Å². The van der Waals surface area contributed by atoms with Crippen LogP contribution in [0.25, 0.3) is 24.3 Å². The maximum atomic E-state index is 3.47. The third kappa shape index (κ3) is 20.0. The van der Waals surface area contributed by atoms with Gasteiger partial charge < -0.3 is 0 Å². The van der Waals surface area contributed by atoms with Crippen LogP contribution in [-0.4, -0.2) is 0 Å². The molecule has 7 aromatic rings. The highest BCUT2D eigenvalue weighted by molar-refractivity contribution is 14.1. The molecule has 0 heterocycles. The zero-order valence-corrected chi connectivity index (χ0v) is 47.1. The third-order valence-corrected chi connectivity index (χ3v) is 13.9. The van der Waals surface area contributed by atoms with Crippen LogP contribution < -0.4 is 0 Å². The fourth-order valence-corrected chi connectivity index (χ4v) is 9.63. The first-order chi connectivity index (χ1) is 36.8. The van der Waals surface area contributed by atoms with E-state index in [1.807, 2.05) is 0 Å². The molecule has 0 saturated carbocycles. The van der Waals surface area contributed by atoms with Crippen LogP contribution in [0.1, 0.15) is 194 Å². The Morgan fingerprint density at radius 3 is 0.733 bits per heavy atom. The Labute approximate surface area is 465 Å². The molecule has 0 N–H and O–H groups in total. The second-order valence-electron chi connectivity index (χ2n) is 19.8. The summed E-state index contributed by atoms with van der Waals surface area (Å²) in [4.78, 5) is 0. The van der Waals surface area contributed by atoms with Crippen LogP contribution in [0, 0.1) is 50.9 Å². The second-order valence-corrected chi connectivity index (χ2v) is 21.0. The molecule has 0 nitrogen and oxygen atoms in total. The van der Waals surface area contributed by atoms with Gasteiger partial charge in [0.1, 0.15) is 0 Å². The number of hydrogen-bond donors (Lipinski definition) is 0. The Morgan fingerprint density at radius 2 is 0.493 bits per heavy atom. The van der Waals surface area contributed by atoms with E-state index in [0.29, 0.717) is 0 Å². The Balaban J connectivity index is 1.14. The summed E-state index contributed by atoms with van der Waals surface area (Å²) in [6.07, 6.45) is 28.1. The molecule has 0 aliphatic heterocycles. The van der Waals surface area contributed by atoms with Crippen molar-refractivity contribution in [3.05, 3.63) is 244 Å². The Bertz CT molecular complexity index is 2840. The van der Waals surface area contributed by atoms with E-state index < -0.39 is 0 Å². The van der Waals surface area contributed by atoms with Gasteiger partial charge in [0, 0.05) is 48.1 Å². The van der Waals surface area contributed by atoms with Crippen molar-refractivity contribution in [2.24, 2.45) is 0 Å². The number of hydrogen-bond acceptors (Lipinski definition) is 0. The van der Waals surface area contributed by atoms with E-state index in [1.54, 1.807) is 0 Å². The van der Waals surface area contributed by atoms with Crippen LogP contribution in [0.5, 0.6) is 0 Å². The van der Waals surface area contributed by atoms with E-state index in [-0.39, 0.29) is 0 Å². The van der Waals surface area contributed by atoms with Crippen molar-refractivity contribution in [1.82, 2.24) is 0 Å². The van der Waals surface area contributed by atoms with Gasteiger partial charge in [-0.3, -0.25) is 0 Å². The lowest BCUT2D eigenvalue weighted by molar-refractivity contribution is 0.717. The average molecular weight is 1090 g/mol.